The molecule has 1 fully saturated rings. The van der Waals surface area contributed by atoms with Gasteiger partial charge in [0.05, 0.1) is 28.7 Å². The average Bonchev–Trinajstić information content (AvgIpc) is 2.62. The smallest absolute Gasteiger partial charge is 0.351 e. The van der Waals surface area contributed by atoms with E-state index in [0.29, 0.717) is 17.4 Å². The first kappa shape index (κ1) is 18.0. The molecule has 1 unspecified atom stereocenters. The van der Waals surface area contributed by atoms with Crippen molar-refractivity contribution in [1.82, 2.24) is 9.80 Å². The minimum Gasteiger partial charge on any atom is -0.351 e. The molecule has 4 rings (SSSR count). The lowest BCUT2D eigenvalue weighted by molar-refractivity contribution is -0.137. The number of anilines is 1. The second-order valence-electron chi connectivity index (χ2n) is 7.11. The standard InChI is InChI=1S/C18H21F3N6/c1-11-12(2)24-27-15-5-4-13(18(19,20)21)10-14(15)23-16(17(27)22-11)26-8-6-25(3)7-9-26/h4-5,10-11H,6-9H2,1-3H3. The summed E-state index contributed by atoms with van der Waals surface area (Å²) >= 11 is 0. The van der Waals surface area contributed by atoms with Crippen LogP contribution in [0.25, 0.3) is 0 Å². The van der Waals surface area contributed by atoms with Crippen LogP contribution in [0, 0.1) is 0 Å². The van der Waals surface area contributed by atoms with Crippen LogP contribution in [0.15, 0.2) is 33.3 Å². The highest BCUT2D eigenvalue weighted by atomic mass is 19.4. The molecule has 6 nitrogen and oxygen atoms in total. The molecular formula is C18H21F3N6. The zero-order valence-electron chi connectivity index (χ0n) is 15.5. The predicted molar refractivity (Wildman–Crippen MR) is 100 cm³/mol. The molecule has 0 radical (unpaired) electrons. The van der Waals surface area contributed by atoms with Crippen molar-refractivity contribution in [1.29, 1.82) is 0 Å². The van der Waals surface area contributed by atoms with Gasteiger partial charge in [0, 0.05) is 26.2 Å². The number of benzene rings is 1. The minimum absolute atomic E-state index is 0.0927. The quantitative estimate of drug-likeness (QED) is 0.697. The largest absolute Gasteiger partial charge is 0.416 e. The van der Waals surface area contributed by atoms with Crippen LogP contribution >= 0.6 is 0 Å². The molecule has 0 amide bonds. The van der Waals surface area contributed by atoms with Crippen LogP contribution in [0.3, 0.4) is 0 Å². The van der Waals surface area contributed by atoms with E-state index in [1.54, 1.807) is 5.01 Å². The van der Waals surface area contributed by atoms with Crippen LogP contribution in [-0.2, 0) is 6.18 Å². The zero-order valence-corrected chi connectivity index (χ0v) is 15.5. The van der Waals surface area contributed by atoms with Crippen molar-refractivity contribution < 1.29 is 13.2 Å². The van der Waals surface area contributed by atoms with Crippen molar-refractivity contribution in [2.45, 2.75) is 26.1 Å². The van der Waals surface area contributed by atoms with Crippen molar-refractivity contribution >= 4 is 28.8 Å². The van der Waals surface area contributed by atoms with Crippen LogP contribution in [0.5, 0.6) is 0 Å². The molecule has 0 N–H and O–H groups in total. The molecule has 1 aromatic carbocycles. The van der Waals surface area contributed by atoms with Gasteiger partial charge >= 0.3 is 6.18 Å². The van der Waals surface area contributed by atoms with E-state index >= 15 is 0 Å². The van der Waals surface area contributed by atoms with Gasteiger partial charge in [0.1, 0.15) is 0 Å². The van der Waals surface area contributed by atoms with Gasteiger partial charge in [-0.1, -0.05) is 0 Å². The highest BCUT2D eigenvalue weighted by molar-refractivity contribution is 6.47. The molecule has 0 aliphatic carbocycles. The van der Waals surface area contributed by atoms with Crippen LogP contribution in [0.1, 0.15) is 19.4 Å². The Kier molecular flexibility index (Phi) is 4.21. The molecule has 1 atom stereocenters. The number of aliphatic imine (C=N–C) groups is 2. The molecule has 3 heterocycles. The fraction of sp³-hybridized carbons (Fsp3) is 0.500. The number of fused-ring (bicyclic) bond motifs is 3. The molecule has 0 bridgehead atoms. The summed E-state index contributed by atoms with van der Waals surface area (Å²) in [7, 11) is 2.05. The van der Waals surface area contributed by atoms with Gasteiger partial charge in [0.2, 0.25) is 0 Å². The second-order valence-corrected chi connectivity index (χ2v) is 7.11. The van der Waals surface area contributed by atoms with Crippen LogP contribution in [-0.4, -0.2) is 66.5 Å². The highest BCUT2D eigenvalue weighted by Gasteiger charge is 2.37. The van der Waals surface area contributed by atoms with Gasteiger partial charge in [-0.05, 0) is 39.1 Å². The third kappa shape index (κ3) is 3.20. The summed E-state index contributed by atoms with van der Waals surface area (Å²) < 4.78 is 39.5. The summed E-state index contributed by atoms with van der Waals surface area (Å²) in [4.78, 5) is 13.6. The first-order valence-corrected chi connectivity index (χ1v) is 8.91. The molecule has 1 aromatic rings. The lowest BCUT2D eigenvalue weighted by Crippen LogP contribution is -2.54. The van der Waals surface area contributed by atoms with Gasteiger partial charge in [0.15, 0.2) is 11.7 Å². The Hall–Kier alpha value is -2.42. The van der Waals surface area contributed by atoms with Crippen molar-refractivity contribution in [3.8, 4) is 0 Å². The normalized spacial score (nSPS) is 23.3. The monoisotopic (exact) mass is 378 g/mol. The van der Waals surface area contributed by atoms with E-state index in [0.717, 1.165) is 44.0 Å². The number of rotatable bonds is 0. The third-order valence-electron chi connectivity index (χ3n) is 5.14. The van der Waals surface area contributed by atoms with Gasteiger partial charge in [-0.2, -0.15) is 18.3 Å². The SMILES string of the molecule is CC1=NN2C(=NC1C)C(N1CCN(C)CC1)=Nc1cc(C(F)(F)F)ccc12. The molecule has 0 saturated carbocycles. The number of halogens is 3. The summed E-state index contributed by atoms with van der Waals surface area (Å²) in [6.45, 7) is 7.03. The van der Waals surface area contributed by atoms with Gasteiger partial charge in [-0.25, -0.2) is 10.0 Å². The maximum atomic E-state index is 13.2. The Labute approximate surface area is 155 Å². The van der Waals surface area contributed by atoms with Crippen LogP contribution in [0.4, 0.5) is 24.5 Å². The summed E-state index contributed by atoms with van der Waals surface area (Å²) in [5.41, 5.74) is 0.883. The van der Waals surface area contributed by atoms with E-state index in [1.165, 1.54) is 6.07 Å². The topological polar surface area (TPSA) is 46.8 Å². The summed E-state index contributed by atoms with van der Waals surface area (Å²) in [6, 6.07) is 3.48. The number of hydrogen-bond donors (Lipinski definition) is 0. The van der Waals surface area contributed by atoms with Crippen molar-refractivity contribution in [2.24, 2.45) is 15.1 Å². The van der Waals surface area contributed by atoms with E-state index in [1.807, 2.05) is 20.9 Å². The Bertz CT molecular complexity index is 849. The Balaban J connectivity index is 1.82. The van der Waals surface area contributed by atoms with Crippen LogP contribution in [0.2, 0.25) is 0 Å². The maximum absolute atomic E-state index is 13.2. The second kappa shape index (κ2) is 6.33. The molecule has 0 aromatic heterocycles. The van der Waals surface area contributed by atoms with E-state index in [9.17, 15) is 13.2 Å². The number of likely N-dealkylation sites (N-methyl/N-ethyl adjacent to an activating group) is 1. The Morgan fingerprint density at radius 3 is 2.44 bits per heavy atom. The van der Waals surface area contributed by atoms with Crippen LogP contribution < -0.4 is 5.01 Å². The summed E-state index contributed by atoms with van der Waals surface area (Å²) in [6.07, 6.45) is -4.41. The Morgan fingerprint density at radius 1 is 1.07 bits per heavy atom. The maximum Gasteiger partial charge on any atom is 0.416 e. The van der Waals surface area contributed by atoms with Crippen molar-refractivity contribution in [3.63, 3.8) is 0 Å². The summed E-state index contributed by atoms with van der Waals surface area (Å²) in [5, 5.41) is 6.23. The molecule has 144 valence electrons. The number of nitrogens with zero attached hydrogens (tertiary/aromatic N) is 6. The molecule has 27 heavy (non-hydrogen) atoms. The van der Waals surface area contributed by atoms with Crippen molar-refractivity contribution in [2.75, 3.05) is 38.2 Å². The van der Waals surface area contributed by atoms with Gasteiger partial charge < -0.3 is 9.80 Å². The lowest BCUT2D eigenvalue weighted by Gasteiger charge is -2.39. The highest BCUT2D eigenvalue weighted by Crippen LogP contribution is 2.40. The number of alkyl halides is 3. The Morgan fingerprint density at radius 2 is 1.78 bits per heavy atom. The fourth-order valence-corrected chi connectivity index (χ4v) is 3.30. The van der Waals surface area contributed by atoms with E-state index in [-0.39, 0.29) is 11.7 Å². The van der Waals surface area contributed by atoms with Gasteiger partial charge in [0.25, 0.3) is 0 Å². The molecule has 9 heteroatoms. The number of piperazine rings is 1. The van der Waals surface area contributed by atoms with E-state index < -0.39 is 11.7 Å². The molecule has 1 saturated heterocycles. The number of amidine groups is 2. The third-order valence-corrected chi connectivity index (χ3v) is 5.14. The fourth-order valence-electron chi connectivity index (χ4n) is 3.30. The molecule has 3 aliphatic rings. The first-order valence-electron chi connectivity index (χ1n) is 8.91. The molecule has 3 aliphatic heterocycles. The van der Waals surface area contributed by atoms with E-state index in [2.05, 4.69) is 19.9 Å². The van der Waals surface area contributed by atoms with E-state index in [4.69, 9.17) is 4.99 Å². The van der Waals surface area contributed by atoms with Gasteiger partial charge in [-0.3, -0.25) is 4.99 Å². The average molecular weight is 378 g/mol. The van der Waals surface area contributed by atoms with Crippen molar-refractivity contribution in [3.05, 3.63) is 23.8 Å². The summed E-state index contributed by atoms with van der Waals surface area (Å²) in [5.74, 6) is 1.20. The first-order chi connectivity index (χ1) is 12.7. The van der Waals surface area contributed by atoms with Gasteiger partial charge in [-0.15, -0.1) is 0 Å². The number of hydrogen-bond acceptors (Lipinski definition) is 6. The lowest BCUT2D eigenvalue weighted by atomic mass is 10.1. The minimum atomic E-state index is -4.41. The predicted octanol–water partition coefficient (Wildman–Crippen LogP) is 2.98. The molecule has 0 spiro atoms. The molecular weight excluding hydrogens is 357 g/mol. The zero-order chi connectivity index (χ0) is 19.3. The number of hydrazone groups is 1.